The largest absolute Gasteiger partial charge is 0.362 e. The molecule has 2 amide bonds. The lowest BCUT2D eigenvalue weighted by Crippen LogP contribution is -2.39. The van der Waals surface area contributed by atoms with Crippen LogP contribution in [0.25, 0.3) is 17.7 Å². The molecule has 196 valence electrons. The number of carbonyl (C=O) groups excluding carboxylic acids is 2. The van der Waals surface area contributed by atoms with Crippen LogP contribution >= 0.6 is 0 Å². The molecule has 8 nitrogen and oxygen atoms in total. The maximum Gasteiger partial charge on any atom is 0.282 e. The Hall–Kier alpha value is -5.25. The van der Waals surface area contributed by atoms with Crippen LogP contribution in [-0.2, 0) is 4.79 Å². The van der Waals surface area contributed by atoms with Gasteiger partial charge in [-0.3, -0.25) is 19.4 Å². The minimum absolute atomic E-state index is 0.109. The fraction of sp³-hybridized carbons (Fsp3) is 0.0690. The molecule has 0 atom stereocenters. The zero-order valence-corrected chi connectivity index (χ0v) is 20.7. The number of amides is 2. The van der Waals surface area contributed by atoms with Gasteiger partial charge in [-0.25, -0.2) is 13.5 Å². The van der Waals surface area contributed by atoms with Crippen molar-refractivity contribution in [3.63, 3.8) is 0 Å². The third kappa shape index (κ3) is 5.26. The number of hydrogen-bond donors (Lipinski definition) is 3. The van der Waals surface area contributed by atoms with Gasteiger partial charge in [0.25, 0.3) is 17.4 Å². The van der Waals surface area contributed by atoms with Crippen LogP contribution in [0.2, 0.25) is 0 Å². The zero-order valence-electron chi connectivity index (χ0n) is 20.7. The first-order valence-electron chi connectivity index (χ1n) is 12.0. The topological polar surface area (TPSA) is 99.2 Å². The Kier molecular flexibility index (Phi) is 6.92. The molecule has 5 rings (SSSR count). The van der Waals surface area contributed by atoms with Gasteiger partial charge in [-0.15, -0.1) is 0 Å². The Labute approximate surface area is 221 Å². The number of benzene rings is 2. The van der Waals surface area contributed by atoms with Gasteiger partial charge < -0.3 is 15.6 Å². The molecule has 10 heteroatoms. The first-order valence-corrected chi connectivity index (χ1v) is 12.0. The highest BCUT2D eigenvalue weighted by Crippen LogP contribution is 2.33. The summed E-state index contributed by atoms with van der Waals surface area (Å²) in [6.45, 7) is 0.146. The third-order valence-electron chi connectivity index (χ3n) is 6.21. The number of nitrogens with zero attached hydrogens (tertiary/aromatic N) is 2. The molecule has 3 N–H and O–H groups in total. The Morgan fingerprint density at radius 1 is 1.05 bits per heavy atom. The number of nitrogens with one attached hydrogen (secondary N) is 3. The SMILES string of the molecule is CN(c1ccc(F)c(F)c1)n1cccc(C(=O)NC/C=C/c2ccc3c(c2)NC(=O)/C3=C/c2ccc[nH]2)c1=O. The van der Waals surface area contributed by atoms with Crippen molar-refractivity contribution in [3.05, 3.63) is 124 Å². The zero-order chi connectivity index (χ0) is 27.5. The van der Waals surface area contributed by atoms with E-state index in [2.05, 4.69) is 15.6 Å². The van der Waals surface area contributed by atoms with Crippen molar-refractivity contribution in [1.82, 2.24) is 15.0 Å². The molecule has 4 aromatic rings. The molecule has 0 unspecified atom stereocenters. The summed E-state index contributed by atoms with van der Waals surface area (Å²) < 4.78 is 28.1. The van der Waals surface area contributed by atoms with E-state index in [1.807, 2.05) is 30.3 Å². The van der Waals surface area contributed by atoms with Gasteiger partial charge in [0.05, 0.1) is 11.3 Å². The number of aromatic nitrogens is 2. The number of H-pyrrole nitrogens is 1. The van der Waals surface area contributed by atoms with Crippen molar-refractivity contribution in [2.24, 2.45) is 0 Å². The van der Waals surface area contributed by atoms with E-state index in [0.29, 0.717) is 11.3 Å². The van der Waals surface area contributed by atoms with E-state index in [1.54, 1.807) is 24.4 Å². The van der Waals surface area contributed by atoms with Crippen LogP contribution in [0, 0.1) is 11.6 Å². The maximum atomic E-state index is 13.6. The summed E-state index contributed by atoms with van der Waals surface area (Å²) in [4.78, 5) is 41.1. The van der Waals surface area contributed by atoms with Gasteiger partial charge in [-0.05, 0) is 54.1 Å². The highest BCUT2D eigenvalue weighted by atomic mass is 19.2. The molecule has 0 fully saturated rings. The van der Waals surface area contributed by atoms with E-state index < -0.39 is 23.1 Å². The Morgan fingerprint density at radius 2 is 1.90 bits per heavy atom. The van der Waals surface area contributed by atoms with Crippen LogP contribution in [-0.4, -0.2) is 35.1 Å². The van der Waals surface area contributed by atoms with Crippen LogP contribution < -0.4 is 21.2 Å². The molecule has 2 aromatic heterocycles. The molecule has 0 radical (unpaired) electrons. The van der Waals surface area contributed by atoms with Gasteiger partial charge in [0, 0.05) is 49.0 Å². The van der Waals surface area contributed by atoms with E-state index in [9.17, 15) is 23.2 Å². The summed E-state index contributed by atoms with van der Waals surface area (Å²) in [5.74, 6) is -2.82. The van der Waals surface area contributed by atoms with Crippen molar-refractivity contribution in [2.75, 3.05) is 23.9 Å². The third-order valence-corrected chi connectivity index (χ3v) is 6.21. The summed E-state index contributed by atoms with van der Waals surface area (Å²) in [6, 6.07) is 15.4. The van der Waals surface area contributed by atoms with Crippen molar-refractivity contribution in [2.45, 2.75) is 0 Å². The smallest absolute Gasteiger partial charge is 0.282 e. The van der Waals surface area contributed by atoms with Crippen LogP contribution in [0.1, 0.15) is 27.2 Å². The molecule has 1 aliphatic heterocycles. The second-order valence-corrected chi connectivity index (χ2v) is 8.75. The predicted molar refractivity (Wildman–Crippen MR) is 146 cm³/mol. The summed E-state index contributed by atoms with van der Waals surface area (Å²) in [6.07, 6.45) is 8.51. The van der Waals surface area contributed by atoms with E-state index in [1.165, 1.54) is 36.5 Å². The number of pyridine rings is 1. The quantitative estimate of drug-likeness (QED) is 0.312. The average molecular weight is 528 g/mol. The van der Waals surface area contributed by atoms with Gasteiger partial charge in [-0.1, -0.05) is 24.3 Å². The number of carbonyl (C=O) groups is 2. The number of aromatic amines is 1. The molecule has 1 aliphatic rings. The van der Waals surface area contributed by atoms with Gasteiger partial charge in [0.2, 0.25) is 0 Å². The number of anilines is 2. The molecular weight excluding hydrogens is 504 g/mol. The molecule has 2 aromatic carbocycles. The Bertz CT molecular complexity index is 1690. The minimum Gasteiger partial charge on any atom is -0.362 e. The molecular formula is C29H23F2N5O3. The number of halogens is 2. The molecule has 0 spiro atoms. The molecule has 0 bridgehead atoms. The van der Waals surface area contributed by atoms with E-state index in [-0.39, 0.29) is 23.7 Å². The van der Waals surface area contributed by atoms with Crippen LogP contribution in [0.3, 0.4) is 0 Å². The first-order chi connectivity index (χ1) is 18.8. The van der Waals surface area contributed by atoms with Gasteiger partial charge >= 0.3 is 0 Å². The Morgan fingerprint density at radius 3 is 2.67 bits per heavy atom. The molecule has 0 saturated carbocycles. The summed E-state index contributed by atoms with van der Waals surface area (Å²) in [5.41, 5.74) is 3.21. The lowest BCUT2D eigenvalue weighted by atomic mass is 10.0. The van der Waals surface area contributed by atoms with Crippen LogP contribution in [0.4, 0.5) is 20.2 Å². The van der Waals surface area contributed by atoms with Crippen molar-refractivity contribution in [3.8, 4) is 0 Å². The monoisotopic (exact) mass is 527 g/mol. The standard InChI is InChI=1S/C29H23F2N5O3/c1-35(20-9-11-24(30)25(31)17-20)36-14-4-7-22(29(36)39)27(37)33-13-2-5-18-8-10-21-23(16-19-6-3-12-32-19)28(38)34-26(21)15-18/h2-12,14-17,32H,13H2,1H3,(H,33,37)(H,34,38)/b5-2+,23-16+. The number of fused-ring (bicyclic) bond motifs is 1. The van der Waals surface area contributed by atoms with Crippen molar-refractivity contribution in [1.29, 1.82) is 0 Å². The fourth-order valence-electron chi connectivity index (χ4n) is 4.19. The van der Waals surface area contributed by atoms with E-state index >= 15 is 0 Å². The highest BCUT2D eigenvalue weighted by molar-refractivity contribution is 6.34. The lowest BCUT2D eigenvalue weighted by molar-refractivity contribution is -0.110. The lowest BCUT2D eigenvalue weighted by Gasteiger charge is -2.22. The maximum absolute atomic E-state index is 13.6. The first kappa shape index (κ1) is 25.4. The van der Waals surface area contributed by atoms with E-state index in [4.69, 9.17) is 0 Å². The van der Waals surface area contributed by atoms with Crippen LogP contribution in [0.15, 0.2) is 83.9 Å². The minimum atomic E-state index is -1.05. The second-order valence-electron chi connectivity index (χ2n) is 8.75. The van der Waals surface area contributed by atoms with E-state index in [0.717, 1.165) is 33.6 Å². The predicted octanol–water partition coefficient (Wildman–Crippen LogP) is 4.29. The van der Waals surface area contributed by atoms with Crippen molar-refractivity contribution >= 4 is 40.9 Å². The molecule has 3 heterocycles. The number of rotatable bonds is 7. The molecule has 39 heavy (non-hydrogen) atoms. The van der Waals surface area contributed by atoms with Crippen LogP contribution in [0.5, 0.6) is 0 Å². The van der Waals surface area contributed by atoms with Gasteiger partial charge in [0.15, 0.2) is 11.6 Å². The molecule has 0 saturated heterocycles. The van der Waals surface area contributed by atoms with Gasteiger partial charge in [0.1, 0.15) is 5.56 Å². The summed E-state index contributed by atoms with van der Waals surface area (Å²) in [7, 11) is 1.50. The second kappa shape index (κ2) is 10.6. The number of hydrogen-bond acceptors (Lipinski definition) is 4. The van der Waals surface area contributed by atoms with Gasteiger partial charge in [-0.2, -0.15) is 0 Å². The molecule has 0 aliphatic carbocycles. The summed E-state index contributed by atoms with van der Waals surface area (Å²) in [5, 5.41) is 6.85. The van der Waals surface area contributed by atoms with Crippen molar-refractivity contribution < 1.29 is 18.4 Å². The highest BCUT2D eigenvalue weighted by Gasteiger charge is 2.24. The normalized spacial score (nSPS) is 13.5. The Balaban J connectivity index is 1.24. The summed E-state index contributed by atoms with van der Waals surface area (Å²) >= 11 is 0. The average Bonchev–Trinajstić information content (AvgIpc) is 3.55. The fourth-order valence-corrected chi connectivity index (χ4v) is 4.19.